The van der Waals surface area contributed by atoms with Crippen LogP contribution in [0.5, 0.6) is 0 Å². The molecule has 0 aromatic heterocycles. The van der Waals surface area contributed by atoms with Gasteiger partial charge in [-0.3, -0.25) is 9.59 Å². The molecular formula is C90H149NO8. The van der Waals surface area contributed by atoms with E-state index >= 15 is 0 Å². The highest BCUT2D eigenvalue weighted by Gasteiger charge is 2.22. The van der Waals surface area contributed by atoms with Gasteiger partial charge in [-0.15, -0.1) is 0 Å². The fourth-order valence-corrected chi connectivity index (χ4v) is 10.8. The van der Waals surface area contributed by atoms with Gasteiger partial charge in [0.05, 0.1) is 40.3 Å². The number of carboxylic acid groups (broad SMARTS) is 1. The fraction of sp³-hybridized carbons (Fsp3) is 0.656. The lowest BCUT2D eigenvalue weighted by Crippen LogP contribution is -2.44. The summed E-state index contributed by atoms with van der Waals surface area (Å²) in [5.74, 6) is -2.32. The van der Waals surface area contributed by atoms with Crippen LogP contribution in [0.1, 0.15) is 322 Å². The third-order valence-corrected chi connectivity index (χ3v) is 16.9. The molecule has 0 radical (unpaired) electrons. The van der Waals surface area contributed by atoms with Crippen molar-refractivity contribution in [2.75, 3.05) is 47.5 Å². The van der Waals surface area contributed by atoms with E-state index in [2.05, 4.69) is 184 Å². The summed E-state index contributed by atoms with van der Waals surface area (Å²) >= 11 is 0. The molecule has 0 N–H and O–H groups in total. The summed E-state index contributed by atoms with van der Waals surface area (Å²) in [7, 11) is 5.92. The van der Waals surface area contributed by atoms with Crippen molar-refractivity contribution >= 4 is 17.9 Å². The van der Waals surface area contributed by atoms with Crippen molar-refractivity contribution in [2.45, 2.75) is 334 Å². The Balaban J connectivity index is 4.15. The van der Waals surface area contributed by atoms with Crippen LogP contribution in [-0.2, 0) is 33.3 Å². The van der Waals surface area contributed by atoms with Gasteiger partial charge in [0.1, 0.15) is 13.2 Å². The molecule has 2 atom stereocenters. The summed E-state index contributed by atoms with van der Waals surface area (Å²) < 4.78 is 22.8. The number of carbonyl (C=O) groups is 3. The number of carbonyl (C=O) groups excluding carboxylic acids is 3. The number of aliphatic carboxylic acids is 1. The van der Waals surface area contributed by atoms with E-state index in [0.717, 1.165) is 128 Å². The van der Waals surface area contributed by atoms with Gasteiger partial charge in [0.2, 0.25) is 0 Å². The first-order valence-electron chi connectivity index (χ1n) is 40.3. The van der Waals surface area contributed by atoms with Crippen LogP contribution in [0.15, 0.2) is 170 Å². The molecule has 0 aliphatic rings. The van der Waals surface area contributed by atoms with Crippen molar-refractivity contribution < 1.29 is 42.9 Å². The van der Waals surface area contributed by atoms with Crippen LogP contribution in [0.3, 0.4) is 0 Å². The Morgan fingerprint density at radius 1 is 0.313 bits per heavy atom. The molecule has 0 aliphatic heterocycles. The van der Waals surface area contributed by atoms with Crippen LogP contribution in [0.25, 0.3) is 0 Å². The first-order chi connectivity index (χ1) is 48.6. The average molecular weight is 1370 g/mol. The molecule has 0 saturated heterocycles. The Morgan fingerprint density at radius 3 is 0.859 bits per heavy atom. The van der Waals surface area contributed by atoms with E-state index < -0.39 is 24.3 Å². The molecule has 0 spiro atoms. The summed E-state index contributed by atoms with van der Waals surface area (Å²) in [6.07, 6.45) is 115. The largest absolute Gasteiger partial charge is 0.545 e. The highest BCUT2D eigenvalue weighted by Crippen LogP contribution is 2.17. The predicted molar refractivity (Wildman–Crippen MR) is 425 cm³/mol. The topological polar surface area (TPSA) is 111 Å². The highest BCUT2D eigenvalue weighted by molar-refractivity contribution is 5.70. The number of hydrogen-bond acceptors (Lipinski definition) is 8. The first kappa shape index (κ1) is 93.6. The molecular weight excluding hydrogens is 1220 g/mol. The number of esters is 2. The number of allylic oxidation sites excluding steroid dienone is 28. The molecule has 562 valence electrons. The third kappa shape index (κ3) is 79.8. The Morgan fingerprint density at radius 2 is 0.576 bits per heavy atom. The van der Waals surface area contributed by atoms with Gasteiger partial charge in [0.15, 0.2) is 12.4 Å². The standard InChI is InChI=1S/C90H149NO8/c1-6-8-10-12-14-16-18-20-22-24-26-28-30-32-34-36-38-40-41-42-43-44-45-46-47-49-51-53-55-57-59-61-63-65-67-69-71-73-75-77-79-81-88(93)99-86(85-98-90(89(94)95)96-83-82-91(3,4)5)84-97-87(92)80-78-76-74-72-70-68-66-64-62-60-58-56-54-52-50-48-39-37-35-33-31-29-27-25-23-21-19-17-15-13-11-9-7-2/h8,10,14,16,19-22,25-28,32,34,38,40,42-43,45-46,49,51,55,57,61,63,67,69,86,90H,6-7,9,11-13,15,17-18,23-24,29-31,33,35-37,39,41,44,47-48,50,52-54,56,58-60,62,64-66,68,70-85H2,1-5H3/b10-8-,16-14-,21-19-,22-20-,27-25-,28-26-,34-32-,40-38-,43-42-,46-45-,51-49-,57-55-,63-61-,69-67-. The van der Waals surface area contributed by atoms with Gasteiger partial charge in [-0.1, -0.05) is 344 Å². The van der Waals surface area contributed by atoms with Crippen LogP contribution in [0.2, 0.25) is 0 Å². The summed E-state index contributed by atoms with van der Waals surface area (Å²) in [5, 5.41) is 11.9. The van der Waals surface area contributed by atoms with Gasteiger partial charge in [-0.25, -0.2) is 0 Å². The maximum atomic E-state index is 13.0. The van der Waals surface area contributed by atoms with Crippen molar-refractivity contribution in [3.8, 4) is 0 Å². The molecule has 0 rings (SSSR count). The lowest BCUT2D eigenvalue weighted by Gasteiger charge is -2.26. The van der Waals surface area contributed by atoms with E-state index in [9.17, 15) is 19.5 Å². The number of nitrogens with zero attached hydrogens (tertiary/aromatic N) is 1. The van der Waals surface area contributed by atoms with Crippen LogP contribution in [0, 0.1) is 0 Å². The second-order valence-electron chi connectivity index (χ2n) is 27.6. The molecule has 99 heavy (non-hydrogen) atoms. The lowest BCUT2D eigenvalue weighted by atomic mass is 10.0. The summed E-state index contributed by atoms with van der Waals surface area (Å²) in [6, 6.07) is 0. The molecule has 0 aromatic carbocycles. The van der Waals surface area contributed by atoms with Crippen LogP contribution in [-0.4, -0.2) is 82.3 Å². The molecule has 0 bridgehead atoms. The monoisotopic (exact) mass is 1370 g/mol. The average Bonchev–Trinajstić information content (AvgIpc) is 2.62. The number of unbranched alkanes of at least 4 members (excludes halogenated alkanes) is 30. The minimum atomic E-state index is -1.64. The third-order valence-electron chi connectivity index (χ3n) is 16.9. The van der Waals surface area contributed by atoms with Crippen LogP contribution in [0.4, 0.5) is 0 Å². The number of rotatable bonds is 73. The summed E-state index contributed by atoms with van der Waals surface area (Å²) in [6.45, 7) is 4.61. The summed E-state index contributed by atoms with van der Waals surface area (Å²) in [5.41, 5.74) is 0. The minimum Gasteiger partial charge on any atom is -0.545 e. The Labute approximate surface area is 609 Å². The second kappa shape index (κ2) is 78.4. The van der Waals surface area contributed by atoms with E-state index in [0.29, 0.717) is 17.4 Å². The van der Waals surface area contributed by atoms with Crippen molar-refractivity contribution in [3.63, 3.8) is 0 Å². The normalized spacial score (nSPS) is 13.6. The number of carboxylic acids is 1. The maximum Gasteiger partial charge on any atom is 0.306 e. The molecule has 0 saturated carbocycles. The molecule has 0 amide bonds. The van der Waals surface area contributed by atoms with Gasteiger partial charge < -0.3 is 33.3 Å². The van der Waals surface area contributed by atoms with Crippen molar-refractivity contribution in [1.29, 1.82) is 0 Å². The molecule has 9 nitrogen and oxygen atoms in total. The fourth-order valence-electron chi connectivity index (χ4n) is 10.8. The number of likely N-dealkylation sites (N-methyl/N-ethyl adjacent to an activating group) is 1. The van der Waals surface area contributed by atoms with Gasteiger partial charge in [-0.2, -0.15) is 0 Å². The molecule has 0 fully saturated rings. The molecule has 0 aromatic rings. The Hall–Kier alpha value is -5.35. The van der Waals surface area contributed by atoms with Gasteiger partial charge in [-0.05, 0) is 135 Å². The number of ether oxygens (including phenoxy) is 4. The van der Waals surface area contributed by atoms with E-state index in [1.54, 1.807) is 0 Å². The maximum absolute atomic E-state index is 13.0. The van der Waals surface area contributed by atoms with E-state index in [-0.39, 0.29) is 38.6 Å². The molecule has 2 unspecified atom stereocenters. The zero-order chi connectivity index (χ0) is 71.8. The predicted octanol–water partition coefficient (Wildman–Crippen LogP) is 24.8. The highest BCUT2D eigenvalue weighted by atomic mass is 16.7. The van der Waals surface area contributed by atoms with Crippen LogP contribution >= 0.6 is 0 Å². The lowest BCUT2D eigenvalue weighted by molar-refractivity contribution is -0.870. The van der Waals surface area contributed by atoms with E-state index in [1.165, 1.54) is 161 Å². The van der Waals surface area contributed by atoms with Crippen LogP contribution < -0.4 is 5.11 Å². The van der Waals surface area contributed by atoms with Crippen molar-refractivity contribution in [3.05, 3.63) is 170 Å². The van der Waals surface area contributed by atoms with E-state index in [1.807, 2.05) is 21.1 Å². The zero-order valence-electron chi connectivity index (χ0n) is 64.3. The number of hydrogen-bond donors (Lipinski definition) is 0. The molecule has 9 heteroatoms. The number of quaternary nitrogens is 1. The Bertz CT molecular complexity index is 2240. The second-order valence-corrected chi connectivity index (χ2v) is 27.6. The SMILES string of the molecule is CC/C=C\C/C=C\C/C=C\C/C=C\C/C=C\C/C=C\C/C=C\C/C=C\C/C=C\C/C=C\C/C=C\C/C=C\CCCCCCC(=O)OC(COC(=O)CCCCCCCCCCCCCCCCCCCCCCC/C=C\C/C=C\CCCCCCC)COC(OCC[N+](C)(C)C)C(=O)[O-]. The molecule has 0 heterocycles. The summed E-state index contributed by atoms with van der Waals surface area (Å²) in [4.78, 5) is 37.6. The quantitative estimate of drug-likeness (QED) is 0.0195. The van der Waals surface area contributed by atoms with Crippen molar-refractivity contribution in [1.82, 2.24) is 0 Å². The van der Waals surface area contributed by atoms with E-state index in [4.69, 9.17) is 18.9 Å². The zero-order valence-corrected chi connectivity index (χ0v) is 64.3. The minimum absolute atomic E-state index is 0.135. The van der Waals surface area contributed by atoms with Gasteiger partial charge in [0.25, 0.3) is 0 Å². The van der Waals surface area contributed by atoms with Gasteiger partial charge >= 0.3 is 11.9 Å². The first-order valence-corrected chi connectivity index (χ1v) is 40.3. The van der Waals surface area contributed by atoms with Gasteiger partial charge in [0, 0.05) is 12.8 Å². The smallest absolute Gasteiger partial charge is 0.306 e. The van der Waals surface area contributed by atoms with Crippen molar-refractivity contribution in [2.24, 2.45) is 0 Å². The Kier molecular flexibility index (Phi) is 74.1. The molecule has 0 aliphatic carbocycles.